The minimum absolute atomic E-state index is 0.769. The van der Waals surface area contributed by atoms with Gasteiger partial charge in [-0.15, -0.1) is 0 Å². The second-order valence-corrected chi connectivity index (χ2v) is 16.6. The summed E-state index contributed by atoms with van der Waals surface area (Å²) in [4.78, 5) is 9.57. The lowest BCUT2D eigenvalue weighted by Crippen LogP contribution is -2.27. The molecule has 1 heterocycles. The number of hydrogen-bond donors (Lipinski definition) is 0. The third-order valence-corrected chi connectivity index (χ3v) is 12.0. The first-order chi connectivity index (χ1) is 33.0. The Labute approximate surface area is 403 Å². The van der Waals surface area contributed by atoms with Gasteiger partial charge < -0.3 is 19.6 Å². The molecule has 4 heteroatoms. The average molecular weight is 883 g/mol. The minimum Gasteiger partial charge on any atom is -0.342 e. The SMILES string of the molecule is C=C/C=C\CN(C1=CC=C(N(/C(=C/C)CCCC)c2ccc(C3=CC=C(N(C4=C/C=C(\C)N(c5ccccc5)C/C=C\C=C/CC=C4)/C(C=C)=C/C=C/C)C=CC3)cc2)CC1)c1ccccc1. The Morgan fingerprint density at radius 2 is 1.40 bits per heavy atom. The second-order valence-electron chi connectivity index (χ2n) is 16.6. The maximum atomic E-state index is 4.29. The fourth-order valence-electron chi connectivity index (χ4n) is 8.46. The summed E-state index contributed by atoms with van der Waals surface area (Å²) in [5, 5.41) is 0. The third kappa shape index (κ3) is 13.9. The van der Waals surface area contributed by atoms with Gasteiger partial charge in [-0.25, -0.2) is 0 Å². The first kappa shape index (κ1) is 49.1. The molecule has 2 aliphatic carbocycles. The predicted octanol–water partition coefficient (Wildman–Crippen LogP) is 16.9. The van der Waals surface area contributed by atoms with Crippen LogP contribution in [-0.2, 0) is 0 Å². The smallest absolute Gasteiger partial charge is 0.0459 e. The van der Waals surface area contributed by atoms with E-state index in [1.54, 1.807) is 0 Å². The molecule has 3 aromatic rings. The van der Waals surface area contributed by atoms with Crippen molar-refractivity contribution in [2.45, 2.75) is 72.6 Å². The Balaban J connectivity index is 1.35. The lowest BCUT2D eigenvalue weighted by Gasteiger charge is -2.34. The molecule has 342 valence electrons. The van der Waals surface area contributed by atoms with Crippen molar-refractivity contribution < 1.29 is 0 Å². The molecule has 67 heavy (non-hydrogen) atoms. The first-order valence-electron chi connectivity index (χ1n) is 24.1. The Bertz CT molecular complexity index is 2560. The molecule has 0 saturated carbocycles. The summed E-state index contributed by atoms with van der Waals surface area (Å²) in [5.41, 5.74) is 14.2. The zero-order valence-electron chi connectivity index (χ0n) is 40.4. The number of allylic oxidation sites excluding steroid dienone is 25. The van der Waals surface area contributed by atoms with Gasteiger partial charge in [0, 0.05) is 70.0 Å². The highest BCUT2D eigenvalue weighted by atomic mass is 15.2. The van der Waals surface area contributed by atoms with E-state index in [0.717, 1.165) is 86.5 Å². The van der Waals surface area contributed by atoms with Crippen molar-refractivity contribution >= 4 is 22.6 Å². The van der Waals surface area contributed by atoms with Crippen LogP contribution in [0.5, 0.6) is 0 Å². The number of nitrogens with zero attached hydrogens (tertiary/aromatic N) is 4. The monoisotopic (exact) mass is 883 g/mol. The summed E-state index contributed by atoms with van der Waals surface area (Å²) in [6.07, 6.45) is 54.8. The number of benzene rings is 3. The minimum atomic E-state index is 0.769. The fourth-order valence-corrected chi connectivity index (χ4v) is 8.46. The molecule has 0 unspecified atom stereocenters. The van der Waals surface area contributed by atoms with Crippen LogP contribution in [0.4, 0.5) is 17.1 Å². The van der Waals surface area contributed by atoms with Gasteiger partial charge in [-0.05, 0) is 162 Å². The highest BCUT2D eigenvalue weighted by Crippen LogP contribution is 2.36. The molecule has 0 aromatic heterocycles. The summed E-state index contributed by atoms with van der Waals surface area (Å²) in [5.74, 6) is 0. The van der Waals surface area contributed by atoms with Crippen LogP contribution in [0.25, 0.3) is 5.57 Å². The van der Waals surface area contributed by atoms with E-state index < -0.39 is 0 Å². The number of unbranched alkanes of at least 4 members (excludes halogenated alkanes) is 1. The fraction of sp³-hybridized carbons (Fsp3) is 0.206. The van der Waals surface area contributed by atoms with Crippen molar-refractivity contribution in [2.75, 3.05) is 27.8 Å². The Morgan fingerprint density at radius 1 is 0.701 bits per heavy atom. The number of rotatable bonds is 18. The van der Waals surface area contributed by atoms with Crippen LogP contribution < -0.4 is 14.7 Å². The van der Waals surface area contributed by atoms with E-state index in [1.807, 2.05) is 25.2 Å². The Morgan fingerprint density at radius 3 is 2.09 bits per heavy atom. The zero-order chi connectivity index (χ0) is 47.1. The van der Waals surface area contributed by atoms with Crippen molar-refractivity contribution in [1.82, 2.24) is 4.90 Å². The summed E-state index contributed by atoms with van der Waals surface area (Å²) in [7, 11) is 0. The highest BCUT2D eigenvalue weighted by molar-refractivity contribution is 5.72. The lowest BCUT2D eigenvalue weighted by molar-refractivity contribution is 0.578. The number of para-hydroxylation sites is 2. The molecule has 3 aromatic carbocycles. The maximum absolute atomic E-state index is 4.29. The molecule has 0 spiro atoms. The molecule has 0 bridgehead atoms. The molecular weight excluding hydrogens is 813 g/mol. The predicted molar refractivity (Wildman–Crippen MR) is 293 cm³/mol. The Hall–Kier alpha value is -7.30. The van der Waals surface area contributed by atoms with Crippen molar-refractivity contribution in [3.8, 4) is 0 Å². The van der Waals surface area contributed by atoms with Crippen molar-refractivity contribution in [3.63, 3.8) is 0 Å². The summed E-state index contributed by atoms with van der Waals surface area (Å²) in [6.45, 7) is 18.4. The van der Waals surface area contributed by atoms with Gasteiger partial charge in [-0.2, -0.15) is 0 Å². The van der Waals surface area contributed by atoms with Gasteiger partial charge in [0.15, 0.2) is 0 Å². The Kier molecular flexibility index (Phi) is 19.5. The van der Waals surface area contributed by atoms with Crippen molar-refractivity contribution in [2.24, 2.45) is 0 Å². The average Bonchev–Trinajstić information content (AvgIpc) is 3.62. The van der Waals surface area contributed by atoms with Gasteiger partial charge >= 0.3 is 0 Å². The topological polar surface area (TPSA) is 13.0 Å². The molecule has 0 radical (unpaired) electrons. The number of anilines is 3. The van der Waals surface area contributed by atoms with Crippen LogP contribution >= 0.6 is 0 Å². The molecule has 1 aliphatic heterocycles. The molecule has 0 atom stereocenters. The van der Waals surface area contributed by atoms with E-state index in [9.17, 15) is 0 Å². The maximum Gasteiger partial charge on any atom is 0.0459 e. The quantitative estimate of drug-likeness (QED) is 0.118. The summed E-state index contributed by atoms with van der Waals surface area (Å²) in [6, 6.07) is 30.5. The normalized spacial score (nSPS) is 17.9. The summed E-state index contributed by atoms with van der Waals surface area (Å²) >= 11 is 0. The standard InChI is InChI=1S/C63H70N4/c1-7-12-26-51-65(58-34-24-20-25-35-58)59-46-48-63(49-47-59)67(56(11-5)31-14-9-3)62-44-40-54(41-45-62)53-29-28-37-61(43-39-53)66(55(10-4)30-13-8-2)60-36-21-17-15-16-18-27-50-64(52(6)38-42-60)57-32-22-19-23-33-57/h7-8,10-13,15-16,18-28,30,32-46,48H,1,4,9,14,17,29,31,47,49-51H2,2-3,5-6H3/b13-8+,16-15-,26-12-,27-18-,36-21?,52-38+,55-30+,56-11+,60-42?. The van der Waals surface area contributed by atoms with E-state index in [-0.39, 0.29) is 0 Å². The van der Waals surface area contributed by atoms with E-state index >= 15 is 0 Å². The number of hydrogen-bond acceptors (Lipinski definition) is 4. The van der Waals surface area contributed by atoms with Gasteiger partial charge in [0.2, 0.25) is 0 Å². The van der Waals surface area contributed by atoms with Crippen LogP contribution in [-0.4, -0.2) is 18.0 Å². The van der Waals surface area contributed by atoms with Crippen LogP contribution in [0.15, 0.2) is 272 Å². The molecule has 0 fully saturated rings. The van der Waals surface area contributed by atoms with Crippen molar-refractivity contribution in [1.29, 1.82) is 0 Å². The zero-order valence-corrected chi connectivity index (χ0v) is 40.4. The summed E-state index contributed by atoms with van der Waals surface area (Å²) < 4.78 is 0. The third-order valence-electron chi connectivity index (χ3n) is 12.0. The van der Waals surface area contributed by atoms with Crippen LogP contribution in [0.3, 0.4) is 0 Å². The second kappa shape index (κ2) is 26.6. The van der Waals surface area contributed by atoms with Crippen LogP contribution in [0, 0.1) is 0 Å². The molecule has 6 rings (SSSR count). The van der Waals surface area contributed by atoms with Crippen LogP contribution in [0.1, 0.15) is 78.2 Å². The lowest BCUT2D eigenvalue weighted by atomic mass is 10.00. The van der Waals surface area contributed by atoms with Gasteiger partial charge in [0.1, 0.15) is 0 Å². The molecule has 0 N–H and O–H groups in total. The van der Waals surface area contributed by atoms with E-state index in [1.165, 1.54) is 39.6 Å². The first-order valence-corrected chi connectivity index (χ1v) is 24.1. The van der Waals surface area contributed by atoms with E-state index in [4.69, 9.17) is 0 Å². The van der Waals surface area contributed by atoms with Crippen molar-refractivity contribution in [3.05, 3.63) is 277 Å². The molecule has 4 nitrogen and oxygen atoms in total. The highest BCUT2D eigenvalue weighted by Gasteiger charge is 2.22. The molecule has 0 saturated heterocycles. The van der Waals surface area contributed by atoms with Crippen LogP contribution in [0.2, 0.25) is 0 Å². The molecular formula is C63H70N4. The van der Waals surface area contributed by atoms with Gasteiger partial charge in [0.05, 0.1) is 0 Å². The van der Waals surface area contributed by atoms with E-state index in [2.05, 4.69) is 254 Å². The van der Waals surface area contributed by atoms with Gasteiger partial charge in [-0.1, -0.05) is 154 Å². The molecule has 0 amide bonds. The largest absolute Gasteiger partial charge is 0.342 e. The van der Waals surface area contributed by atoms with Gasteiger partial charge in [0.25, 0.3) is 0 Å². The molecule has 3 aliphatic rings. The van der Waals surface area contributed by atoms with Gasteiger partial charge in [-0.3, -0.25) is 0 Å². The van der Waals surface area contributed by atoms with E-state index in [0.29, 0.717) is 0 Å².